The molecule has 0 aliphatic carbocycles. The Labute approximate surface area is 110 Å². The summed E-state index contributed by atoms with van der Waals surface area (Å²) in [6, 6.07) is 1.69. The van der Waals surface area contributed by atoms with E-state index in [1.54, 1.807) is 0 Å². The molecule has 0 fully saturated rings. The summed E-state index contributed by atoms with van der Waals surface area (Å²) >= 11 is 0. The molecule has 0 aliphatic heterocycles. The van der Waals surface area contributed by atoms with Gasteiger partial charge in [0.2, 0.25) is 0 Å². The topological polar surface area (TPSA) is 23.5 Å². The molecule has 1 N–H and O–H groups in total. The summed E-state index contributed by atoms with van der Waals surface area (Å²) in [5.74, 6) is 0. The van der Waals surface area contributed by atoms with Crippen LogP contribution < -0.4 is 0 Å². The van der Waals surface area contributed by atoms with Crippen molar-refractivity contribution < 1.29 is 4.80 Å². The maximum atomic E-state index is 10.6. The third kappa shape index (κ3) is 5.54. The van der Waals surface area contributed by atoms with Gasteiger partial charge in [0.25, 0.3) is 0 Å². The number of hydrogen-bond acceptors (Lipinski definition) is 2. The first kappa shape index (κ1) is 17.1. The summed E-state index contributed by atoms with van der Waals surface area (Å²) in [5, 5.41) is 0.0976. The van der Waals surface area contributed by atoms with Crippen molar-refractivity contribution >= 4 is 8.32 Å². The molecule has 17 heavy (non-hydrogen) atoms. The molecule has 0 spiro atoms. The average molecular weight is 260 g/mol. The molecule has 0 aliphatic rings. The third-order valence-electron chi connectivity index (χ3n) is 4.34. The first-order chi connectivity index (χ1) is 7.65. The van der Waals surface area contributed by atoms with E-state index in [2.05, 4.69) is 53.0 Å². The Morgan fingerprint density at radius 3 is 2.12 bits per heavy atom. The molecule has 0 aromatic carbocycles. The Morgan fingerprint density at radius 1 is 1.24 bits per heavy atom. The smallest absolute Gasteiger partial charge is 0.190 e. The Balaban J connectivity index is 4.13. The number of nitrogens with zero attached hydrogens (tertiary/aromatic N) is 1. The lowest BCUT2D eigenvalue weighted by Crippen LogP contribution is -2.42. The van der Waals surface area contributed by atoms with Crippen LogP contribution in [0.1, 0.15) is 54.4 Å². The quantitative estimate of drug-likeness (QED) is 0.702. The predicted molar refractivity (Wildman–Crippen MR) is 80.0 cm³/mol. The molecular weight excluding hydrogens is 226 g/mol. The molecule has 3 heteroatoms. The molecule has 0 saturated heterocycles. The summed E-state index contributed by atoms with van der Waals surface area (Å²) in [6.07, 6.45) is 2.34. The average Bonchev–Trinajstić information content (AvgIpc) is 2.21. The van der Waals surface area contributed by atoms with Crippen LogP contribution in [-0.2, 0) is 0 Å². The highest BCUT2D eigenvalue weighted by Crippen LogP contribution is 2.37. The van der Waals surface area contributed by atoms with Crippen molar-refractivity contribution in [3.05, 3.63) is 0 Å². The van der Waals surface area contributed by atoms with E-state index in [-0.39, 0.29) is 5.04 Å². The molecule has 2 nitrogen and oxygen atoms in total. The highest BCUT2D eigenvalue weighted by atomic mass is 28.4. The molecule has 2 unspecified atom stereocenters. The van der Waals surface area contributed by atoms with Gasteiger partial charge in [0, 0.05) is 6.04 Å². The van der Waals surface area contributed by atoms with Crippen LogP contribution in [0.15, 0.2) is 0 Å². The van der Waals surface area contributed by atoms with Crippen molar-refractivity contribution in [1.82, 2.24) is 4.90 Å². The maximum Gasteiger partial charge on any atom is 0.190 e. The Bertz CT molecular complexity index is 211. The molecule has 0 amide bonds. The molecule has 104 valence electrons. The van der Waals surface area contributed by atoms with Crippen LogP contribution in [0.2, 0.25) is 17.6 Å². The zero-order valence-corrected chi connectivity index (χ0v) is 14.0. The summed E-state index contributed by atoms with van der Waals surface area (Å²) in [6.45, 7) is 17.6. The fourth-order valence-corrected chi connectivity index (χ4v) is 3.55. The summed E-state index contributed by atoms with van der Waals surface area (Å²) in [7, 11) is -2.06. The van der Waals surface area contributed by atoms with E-state index in [0.29, 0.717) is 6.04 Å². The highest BCUT2D eigenvalue weighted by molar-refractivity contribution is 6.74. The SMILES string of the molecule is CCC(C)N(CC)CCC[Si](C)(O)C(C)(C)C. The maximum absolute atomic E-state index is 10.6. The molecule has 0 bridgehead atoms. The van der Waals surface area contributed by atoms with E-state index in [9.17, 15) is 4.80 Å². The van der Waals surface area contributed by atoms with Crippen LogP contribution in [0, 0.1) is 0 Å². The normalized spacial score (nSPS) is 18.2. The molecular formula is C14H33NOSi. The standard InChI is InChI=1S/C14H33NOSi/c1-8-13(3)15(9-2)11-10-12-17(7,16)14(4,5)6/h13,16H,8-12H2,1-7H3. The van der Waals surface area contributed by atoms with Crippen molar-refractivity contribution in [3.8, 4) is 0 Å². The van der Waals surface area contributed by atoms with Gasteiger partial charge in [-0.2, -0.15) is 0 Å². The van der Waals surface area contributed by atoms with Gasteiger partial charge >= 0.3 is 0 Å². The van der Waals surface area contributed by atoms with Crippen molar-refractivity contribution in [2.24, 2.45) is 0 Å². The second-order valence-electron chi connectivity index (χ2n) is 6.51. The fourth-order valence-electron chi connectivity index (χ4n) is 1.95. The summed E-state index contributed by atoms with van der Waals surface area (Å²) < 4.78 is 0. The van der Waals surface area contributed by atoms with Crippen molar-refractivity contribution in [3.63, 3.8) is 0 Å². The van der Waals surface area contributed by atoms with E-state index < -0.39 is 8.32 Å². The minimum absolute atomic E-state index is 0.0976. The first-order valence-electron chi connectivity index (χ1n) is 7.12. The van der Waals surface area contributed by atoms with Gasteiger partial charge in [0.15, 0.2) is 8.32 Å². The Morgan fingerprint density at radius 2 is 1.76 bits per heavy atom. The third-order valence-corrected chi connectivity index (χ3v) is 8.90. The van der Waals surface area contributed by atoms with Crippen LogP contribution in [0.3, 0.4) is 0 Å². The van der Waals surface area contributed by atoms with E-state index in [4.69, 9.17) is 0 Å². The first-order valence-corrected chi connectivity index (χ1v) is 9.77. The lowest BCUT2D eigenvalue weighted by atomic mass is 10.2. The Hall–Kier alpha value is 0.137. The van der Waals surface area contributed by atoms with Gasteiger partial charge in [0.05, 0.1) is 0 Å². The van der Waals surface area contributed by atoms with Crippen molar-refractivity contribution in [1.29, 1.82) is 0 Å². The van der Waals surface area contributed by atoms with Crippen LogP contribution in [0.25, 0.3) is 0 Å². The van der Waals surface area contributed by atoms with Gasteiger partial charge in [-0.25, -0.2) is 0 Å². The molecule has 0 rings (SSSR count). The van der Waals surface area contributed by atoms with E-state index >= 15 is 0 Å². The summed E-state index contributed by atoms with van der Waals surface area (Å²) in [4.78, 5) is 13.1. The van der Waals surface area contributed by atoms with Crippen LogP contribution >= 0.6 is 0 Å². The van der Waals surface area contributed by atoms with Gasteiger partial charge in [-0.05, 0) is 50.5 Å². The second-order valence-corrected chi connectivity index (χ2v) is 11.1. The largest absolute Gasteiger partial charge is 0.431 e. The fraction of sp³-hybridized carbons (Fsp3) is 1.00. The molecule has 0 heterocycles. The van der Waals surface area contributed by atoms with E-state index in [1.807, 2.05) is 0 Å². The predicted octanol–water partition coefficient (Wildman–Crippen LogP) is 3.86. The summed E-state index contributed by atoms with van der Waals surface area (Å²) in [5.41, 5.74) is 0. The number of hydrogen-bond donors (Lipinski definition) is 1. The van der Waals surface area contributed by atoms with Gasteiger partial charge in [0.1, 0.15) is 0 Å². The molecule has 0 aromatic rings. The highest BCUT2D eigenvalue weighted by Gasteiger charge is 2.37. The minimum Gasteiger partial charge on any atom is -0.431 e. The minimum atomic E-state index is -2.06. The zero-order chi connectivity index (χ0) is 13.7. The number of rotatable bonds is 7. The van der Waals surface area contributed by atoms with Gasteiger partial charge in [-0.3, -0.25) is 0 Å². The van der Waals surface area contributed by atoms with Gasteiger partial charge < -0.3 is 9.70 Å². The Kier molecular flexibility index (Phi) is 6.96. The van der Waals surface area contributed by atoms with E-state index in [0.717, 1.165) is 25.6 Å². The van der Waals surface area contributed by atoms with Gasteiger partial charge in [-0.1, -0.05) is 34.6 Å². The van der Waals surface area contributed by atoms with Crippen LogP contribution in [-0.4, -0.2) is 37.1 Å². The van der Waals surface area contributed by atoms with Crippen LogP contribution in [0.4, 0.5) is 0 Å². The lowest BCUT2D eigenvalue weighted by molar-refractivity contribution is 0.214. The monoisotopic (exact) mass is 259 g/mol. The van der Waals surface area contributed by atoms with Crippen molar-refractivity contribution in [2.45, 2.75) is 78.1 Å². The van der Waals surface area contributed by atoms with Crippen molar-refractivity contribution in [2.75, 3.05) is 13.1 Å². The lowest BCUT2D eigenvalue weighted by Gasteiger charge is -2.35. The van der Waals surface area contributed by atoms with Gasteiger partial charge in [-0.15, -0.1) is 0 Å². The zero-order valence-electron chi connectivity index (χ0n) is 13.0. The molecule has 0 aromatic heterocycles. The van der Waals surface area contributed by atoms with Crippen LogP contribution in [0.5, 0.6) is 0 Å². The molecule has 0 saturated carbocycles. The van der Waals surface area contributed by atoms with E-state index in [1.165, 1.54) is 6.42 Å². The molecule has 2 atom stereocenters. The second kappa shape index (κ2) is 6.91. The molecule has 0 radical (unpaired) electrons.